The molecular weight excluding hydrogens is 274 g/mol. The molecule has 3 nitrogen and oxygen atoms in total. The fourth-order valence-electron chi connectivity index (χ4n) is 3.04. The van der Waals surface area contributed by atoms with E-state index in [1.807, 2.05) is 6.07 Å². The molecular formula is C19H23NO2. The number of benzene rings is 2. The summed E-state index contributed by atoms with van der Waals surface area (Å²) >= 11 is 0. The van der Waals surface area contributed by atoms with Crippen molar-refractivity contribution in [3.8, 4) is 11.5 Å². The third kappa shape index (κ3) is 3.42. The predicted octanol–water partition coefficient (Wildman–Crippen LogP) is 2.98. The summed E-state index contributed by atoms with van der Waals surface area (Å²) in [6.07, 6.45) is 3.14. The van der Waals surface area contributed by atoms with Gasteiger partial charge in [0.2, 0.25) is 0 Å². The number of nitrogens with one attached hydrogen (secondary N) is 1. The Morgan fingerprint density at radius 3 is 2.18 bits per heavy atom. The lowest BCUT2D eigenvalue weighted by Gasteiger charge is -2.11. The van der Waals surface area contributed by atoms with Crippen molar-refractivity contribution in [1.82, 2.24) is 5.32 Å². The third-order valence-corrected chi connectivity index (χ3v) is 4.23. The summed E-state index contributed by atoms with van der Waals surface area (Å²) < 4.78 is 10.7. The van der Waals surface area contributed by atoms with Crippen LogP contribution in [0.4, 0.5) is 0 Å². The number of methoxy groups -OCH3 is 2. The van der Waals surface area contributed by atoms with Crippen molar-refractivity contribution >= 4 is 0 Å². The summed E-state index contributed by atoms with van der Waals surface area (Å²) in [7, 11) is 3.38. The minimum Gasteiger partial charge on any atom is -0.497 e. The average molecular weight is 297 g/mol. The Morgan fingerprint density at radius 2 is 1.50 bits per heavy atom. The van der Waals surface area contributed by atoms with Gasteiger partial charge in [-0.1, -0.05) is 18.2 Å². The first-order valence-electron chi connectivity index (χ1n) is 7.82. The van der Waals surface area contributed by atoms with Crippen molar-refractivity contribution in [2.45, 2.75) is 19.3 Å². The predicted molar refractivity (Wildman–Crippen MR) is 89.1 cm³/mol. The van der Waals surface area contributed by atoms with Crippen LogP contribution in [-0.2, 0) is 19.3 Å². The summed E-state index contributed by atoms with van der Waals surface area (Å²) in [4.78, 5) is 0. The smallest absolute Gasteiger partial charge is 0.122 e. The maximum Gasteiger partial charge on any atom is 0.122 e. The fraction of sp³-hybridized carbons (Fsp3) is 0.368. The first kappa shape index (κ1) is 14.9. The van der Waals surface area contributed by atoms with E-state index >= 15 is 0 Å². The van der Waals surface area contributed by atoms with Crippen LogP contribution >= 0.6 is 0 Å². The normalized spacial score (nSPS) is 14.1. The van der Waals surface area contributed by atoms with Gasteiger partial charge in [0.25, 0.3) is 0 Å². The Bertz CT molecular complexity index is 630. The monoisotopic (exact) mass is 297 g/mol. The number of fused-ring (bicyclic) bond motifs is 1. The fourth-order valence-corrected chi connectivity index (χ4v) is 3.04. The highest BCUT2D eigenvalue weighted by atomic mass is 16.5. The molecule has 0 fully saturated rings. The van der Waals surface area contributed by atoms with Crippen molar-refractivity contribution in [3.63, 3.8) is 0 Å². The van der Waals surface area contributed by atoms with Crippen LogP contribution in [-0.4, -0.2) is 27.3 Å². The number of ether oxygens (including phenoxy) is 2. The molecule has 0 saturated carbocycles. The molecule has 0 atom stereocenters. The molecule has 0 radical (unpaired) electrons. The van der Waals surface area contributed by atoms with Gasteiger partial charge in [-0.05, 0) is 66.7 Å². The molecule has 0 aliphatic carbocycles. The van der Waals surface area contributed by atoms with Crippen molar-refractivity contribution < 1.29 is 9.47 Å². The Balaban J connectivity index is 1.85. The van der Waals surface area contributed by atoms with E-state index in [0.29, 0.717) is 0 Å². The van der Waals surface area contributed by atoms with Crippen molar-refractivity contribution in [3.05, 3.63) is 58.7 Å². The van der Waals surface area contributed by atoms with Gasteiger partial charge < -0.3 is 14.8 Å². The minimum absolute atomic E-state index is 0.841. The van der Waals surface area contributed by atoms with Gasteiger partial charge in [0, 0.05) is 6.07 Å². The lowest BCUT2D eigenvalue weighted by Crippen LogP contribution is -2.16. The highest BCUT2D eigenvalue weighted by Gasteiger charge is 2.09. The highest BCUT2D eigenvalue weighted by Crippen LogP contribution is 2.25. The minimum atomic E-state index is 0.841. The second-order valence-electron chi connectivity index (χ2n) is 5.75. The summed E-state index contributed by atoms with van der Waals surface area (Å²) in [5.41, 5.74) is 5.52. The van der Waals surface area contributed by atoms with Crippen LogP contribution in [0, 0.1) is 0 Å². The van der Waals surface area contributed by atoms with Crippen LogP contribution in [0.15, 0.2) is 36.4 Å². The SMILES string of the molecule is COc1cc(Cc2ccc3c(c2)CCNCC3)cc(OC)c1. The second kappa shape index (κ2) is 6.84. The topological polar surface area (TPSA) is 30.5 Å². The van der Waals surface area contributed by atoms with Crippen LogP contribution in [0.2, 0.25) is 0 Å². The summed E-state index contributed by atoms with van der Waals surface area (Å²) in [5, 5.41) is 3.46. The molecule has 1 aliphatic heterocycles. The van der Waals surface area contributed by atoms with E-state index in [-0.39, 0.29) is 0 Å². The zero-order valence-corrected chi connectivity index (χ0v) is 13.3. The molecule has 2 aromatic carbocycles. The van der Waals surface area contributed by atoms with Gasteiger partial charge in [-0.3, -0.25) is 0 Å². The molecule has 0 amide bonds. The van der Waals surface area contributed by atoms with Gasteiger partial charge in [-0.2, -0.15) is 0 Å². The van der Waals surface area contributed by atoms with E-state index in [0.717, 1.165) is 43.9 Å². The first-order valence-corrected chi connectivity index (χ1v) is 7.82. The number of hydrogen-bond donors (Lipinski definition) is 1. The zero-order valence-electron chi connectivity index (χ0n) is 13.3. The molecule has 2 aromatic rings. The van der Waals surface area contributed by atoms with Crippen LogP contribution in [0.5, 0.6) is 11.5 Å². The molecule has 1 heterocycles. The maximum atomic E-state index is 5.35. The van der Waals surface area contributed by atoms with Gasteiger partial charge in [-0.15, -0.1) is 0 Å². The van der Waals surface area contributed by atoms with Gasteiger partial charge in [0.05, 0.1) is 14.2 Å². The van der Waals surface area contributed by atoms with E-state index in [2.05, 4.69) is 35.6 Å². The highest BCUT2D eigenvalue weighted by molar-refractivity contribution is 5.42. The van der Waals surface area contributed by atoms with Crippen molar-refractivity contribution in [2.75, 3.05) is 27.3 Å². The molecule has 0 bridgehead atoms. The van der Waals surface area contributed by atoms with Gasteiger partial charge in [0.15, 0.2) is 0 Å². The first-order chi connectivity index (χ1) is 10.8. The Morgan fingerprint density at radius 1 is 0.818 bits per heavy atom. The van der Waals surface area contributed by atoms with Crippen molar-refractivity contribution in [2.24, 2.45) is 0 Å². The molecule has 1 aliphatic rings. The van der Waals surface area contributed by atoms with E-state index in [9.17, 15) is 0 Å². The molecule has 0 aromatic heterocycles. The van der Waals surface area contributed by atoms with Crippen LogP contribution in [0.3, 0.4) is 0 Å². The average Bonchev–Trinajstić information content (AvgIpc) is 2.79. The van der Waals surface area contributed by atoms with E-state index in [4.69, 9.17) is 9.47 Å². The number of hydrogen-bond acceptors (Lipinski definition) is 3. The molecule has 1 N–H and O–H groups in total. The van der Waals surface area contributed by atoms with Crippen LogP contribution < -0.4 is 14.8 Å². The Hall–Kier alpha value is -2.00. The standard InChI is InChI=1S/C19H23NO2/c1-21-18-11-15(12-19(13-18)22-2)9-14-3-4-16-5-7-20-8-6-17(16)10-14/h3-4,10-13,20H,5-9H2,1-2H3. The van der Waals surface area contributed by atoms with Gasteiger partial charge in [-0.25, -0.2) is 0 Å². The zero-order chi connectivity index (χ0) is 15.4. The van der Waals surface area contributed by atoms with Crippen LogP contribution in [0.25, 0.3) is 0 Å². The molecule has 3 heteroatoms. The lowest BCUT2D eigenvalue weighted by atomic mass is 9.96. The Kier molecular flexibility index (Phi) is 4.64. The summed E-state index contributed by atoms with van der Waals surface area (Å²) in [5.74, 6) is 1.68. The quantitative estimate of drug-likeness (QED) is 0.941. The summed E-state index contributed by atoms with van der Waals surface area (Å²) in [6.45, 7) is 2.16. The number of rotatable bonds is 4. The van der Waals surface area contributed by atoms with Crippen molar-refractivity contribution in [1.29, 1.82) is 0 Å². The largest absolute Gasteiger partial charge is 0.497 e. The maximum absolute atomic E-state index is 5.35. The lowest BCUT2D eigenvalue weighted by molar-refractivity contribution is 0.393. The molecule has 0 saturated heterocycles. The third-order valence-electron chi connectivity index (χ3n) is 4.23. The molecule has 22 heavy (non-hydrogen) atoms. The van der Waals surface area contributed by atoms with E-state index in [1.165, 1.54) is 22.3 Å². The molecule has 0 spiro atoms. The molecule has 3 rings (SSSR count). The summed E-state index contributed by atoms with van der Waals surface area (Å²) in [6, 6.07) is 13.0. The van der Waals surface area contributed by atoms with Gasteiger partial charge >= 0.3 is 0 Å². The van der Waals surface area contributed by atoms with E-state index in [1.54, 1.807) is 14.2 Å². The Labute approximate surface area is 132 Å². The molecule has 0 unspecified atom stereocenters. The van der Waals surface area contributed by atoms with E-state index < -0.39 is 0 Å². The second-order valence-corrected chi connectivity index (χ2v) is 5.75. The van der Waals surface area contributed by atoms with Crippen LogP contribution in [0.1, 0.15) is 22.3 Å². The molecule has 116 valence electrons. The van der Waals surface area contributed by atoms with Gasteiger partial charge in [0.1, 0.15) is 11.5 Å².